The minimum atomic E-state index is -3.04. The number of hydrogen-bond acceptors (Lipinski definition) is 6. The van der Waals surface area contributed by atoms with E-state index < -0.39 is 19.1 Å². The number of aliphatic hydroxyl groups excluding tert-OH is 1. The summed E-state index contributed by atoms with van der Waals surface area (Å²) in [5.41, 5.74) is 5.06. The highest BCUT2D eigenvalue weighted by Crippen LogP contribution is 2.31. The van der Waals surface area contributed by atoms with Crippen molar-refractivity contribution in [1.29, 1.82) is 0 Å². The second kappa shape index (κ2) is 11.1. The Labute approximate surface area is 201 Å². The van der Waals surface area contributed by atoms with Gasteiger partial charge in [-0.05, 0) is 31.4 Å². The lowest BCUT2D eigenvalue weighted by Crippen LogP contribution is -2.53. The molecule has 4 heterocycles. The third-order valence-electron chi connectivity index (χ3n) is 6.28. The van der Waals surface area contributed by atoms with Crippen LogP contribution in [0.2, 0.25) is 0 Å². The lowest BCUT2D eigenvalue weighted by molar-refractivity contribution is -0.0819. The molecule has 186 valence electrons. The Morgan fingerprint density at radius 3 is 2.79 bits per heavy atom. The first kappa shape index (κ1) is 25.0. The van der Waals surface area contributed by atoms with Crippen LogP contribution < -0.4 is 4.74 Å². The van der Waals surface area contributed by atoms with Crippen LogP contribution in [0.1, 0.15) is 24.6 Å². The Morgan fingerprint density at radius 2 is 2.09 bits per heavy atom. The Bertz CT molecular complexity index is 1040. The smallest absolute Gasteiger partial charge is 0.283 e. The molecule has 1 aromatic carbocycles. The number of nitrogens with zero attached hydrogens (tertiary/aromatic N) is 3. The first-order valence-electron chi connectivity index (χ1n) is 11.5. The molecule has 10 heteroatoms. The van der Waals surface area contributed by atoms with Crippen molar-refractivity contribution in [3.05, 3.63) is 47.2 Å². The maximum atomic E-state index is 13.4. The molecule has 1 fully saturated rings. The average Bonchev–Trinajstić information content (AvgIpc) is 3.43. The number of hydrogen-bond donors (Lipinski definition) is 2. The number of aromatic amines is 1. The number of H-pyrrole nitrogens is 1. The van der Waals surface area contributed by atoms with Gasteiger partial charge in [0.25, 0.3) is 5.92 Å². The van der Waals surface area contributed by atoms with E-state index >= 15 is 0 Å². The van der Waals surface area contributed by atoms with Gasteiger partial charge in [-0.2, -0.15) is 0 Å². The molecule has 1 atom stereocenters. The standard InChI is InChI=1S/C15H18F2N2O.C9H13FN2OS/c1-10-6-12-11-4-2-3-5-13(11)18-14(12)7-19(10)8-15(16,17)9-20;10-2-1-3-12-5-8(6-12)13-9-4-11-7-14-9/h2-5,10,18,20H,6-9H2,1H3;4,7-8H,1-3,5-6H2. The van der Waals surface area contributed by atoms with E-state index in [1.165, 1.54) is 22.3 Å². The largest absolute Gasteiger partial charge is 0.477 e. The van der Waals surface area contributed by atoms with Crippen molar-refractivity contribution >= 4 is 22.2 Å². The lowest BCUT2D eigenvalue weighted by atomic mass is 9.97. The van der Waals surface area contributed by atoms with Gasteiger partial charge >= 0.3 is 0 Å². The van der Waals surface area contributed by atoms with E-state index in [4.69, 9.17) is 9.84 Å². The van der Waals surface area contributed by atoms with E-state index in [1.54, 1.807) is 16.6 Å². The van der Waals surface area contributed by atoms with Crippen molar-refractivity contribution in [3.63, 3.8) is 0 Å². The molecule has 6 nitrogen and oxygen atoms in total. The summed E-state index contributed by atoms with van der Waals surface area (Å²) in [5.74, 6) is -3.04. The van der Waals surface area contributed by atoms with Crippen LogP contribution >= 0.6 is 11.3 Å². The topological polar surface area (TPSA) is 64.6 Å². The first-order chi connectivity index (χ1) is 16.4. The van der Waals surface area contributed by atoms with Crippen molar-refractivity contribution in [2.75, 3.05) is 39.5 Å². The van der Waals surface area contributed by atoms with Crippen molar-refractivity contribution in [2.24, 2.45) is 0 Å². The van der Waals surface area contributed by atoms with Gasteiger partial charge < -0.3 is 14.8 Å². The van der Waals surface area contributed by atoms with Gasteiger partial charge in [-0.1, -0.05) is 29.5 Å². The first-order valence-corrected chi connectivity index (χ1v) is 12.4. The molecule has 34 heavy (non-hydrogen) atoms. The van der Waals surface area contributed by atoms with Gasteiger partial charge in [-0.25, -0.2) is 13.8 Å². The monoisotopic (exact) mass is 496 g/mol. The van der Waals surface area contributed by atoms with Crippen LogP contribution in [0.4, 0.5) is 13.2 Å². The van der Waals surface area contributed by atoms with Crippen molar-refractivity contribution in [3.8, 4) is 5.06 Å². The summed E-state index contributed by atoms with van der Waals surface area (Å²) in [6.45, 7) is 3.37. The molecule has 2 aliphatic heterocycles. The average molecular weight is 497 g/mol. The number of alkyl halides is 3. The highest BCUT2D eigenvalue weighted by molar-refractivity contribution is 7.11. The summed E-state index contributed by atoms with van der Waals surface area (Å²) in [6, 6.07) is 8.07. The molecule has 2 aliphatic rings. The van der Waals surface area contributed by atoms with Crippen molar-refractivity contribution < 1.29 is 23.0 Å². The van der Waals surface area contributed by atoms with Gasteiger partial charge in [0.05, 0.1) is 24.9 Å². The predicted molar refractivity (Wildman–Crippen MR) is 127 cm³/mol. The van der Waals surface area contributed by atoms with Crippen LogP contribution in [0.3, 0.4) is 0 Å². The summed E-state index contributed by atoms with van der Waals surface area (Å²) in [4.78, 5) is 11.2. The summed E-state index contributed by atoms with van der Waals surface area (Å²) >= 11 is 1.51. The molecule has 0 amide bonds. The number of rotatable bonds is 8. The van der Waals surface area contributed by atoms with E-state index in [2.05, 4.69) is 20.9 Å². The fourth-order valence-corrected chi connectivity index (χ4v) is 4.99. The predicted octanol–water partition coefficient (Wildman–Crippen LogP) is 4.11. The number of thiazole rings is 1. The molecule has 0 bridgehead atoms. The van der Waals surface area contributed by atoms with Gasteiger partial charge in [-0.15, -0.1) is 0 Å². The Hall–Kier alpha value is -2.14. The molecule has 5 rings (SSSR count). The minimum absolute atomic E-state index is 0.0409. The Morgan fingerprint density at radius 1 is 1.29 bits per heavy atom. The fourth-order valence-electron chi connectivity index (χ4n) is 4.46. The van der Waals surface area contributed by atoms with E-state index in [0.717, 1.165) is 42.3 Å². The SMILES string of the molecule is CC1Cc2c([nH]c3ccccc23)CN1CC(F)(F)CO.FCCCN1CC(Oc2cncs2)C1. The van der Waals surface area contributed by atoms with Crippen LogP contribution in [-0.4, -0.2) is 82.4 Å². The maximum absolute atomic E-state index is 13.4. The van der Waals surface area contributed by atoms with Crippen LogP contribution in [0.15, 0.2) is 36.0 Å². The molecule has 2 N–H and O–H groups in total. The van der Waals surface area contributed by atoms with Gasteiger partial charge in [0.2, 0.25) is 0 Å². The molecule has 1 unspecified atom stereocenters. The number of nitrogens with one attached hydrogen (secondary N) is 1. The number of para-hydroxylation sites is 1. The normalized spacial score (nSPS) is 19.4. The Kier molecular flexibility index (Phi) is 8.13. The van der Waals surface area contributed by atoms with E-state index in [0.29, 0.717) is 13.0 Å². The second-order valence-corrected chi connectivity index (χ2v) is 9.81. The number of fused-ring (bicyclic) bond motifs is 3. The summed E-state index contributed by atoms with van der Waals surface area (Å²) < 4.78 is 44.3. The van der Waals surface area contributed by atoms with Crippen molar-refractivity contribution in [1.82, 2.24) is 19.8 Å². The van der Waals surface area contributed by atoms with Gasteiger partial charge in [0.1, 0.15) is 12.7 Å². The zero-order valence-electron chi connectivity index (χ0n) is 19.2. The summed E-state index contributed by atoms with van der Waals surface area (Å²) in [7, 11) is 0. The highest BCUT2D eigenvalue weighted by atomic mass is 32.1. The van der Waals surface area contributed by atoms with Gasteiger partial charge in [0.15, 0.2) is 5.06 Å². The van der Waals surface area contributed by atoms with Crippen LogP contribution in [0.25, 0.3) is 10.9 Å². The Balaban J connectivity index is 0.000000172. The van der Waals surface area contributed by atoms with Gasteiger partial charge in [-0.3, -0.25) is 14.2 Å². The number of aromatic nitrogens is 2. The number of halogens is 3. The number of aliphatic hydroxyl groups is 1. The van der Waals surface area contributed by atoms with Crippen molar-refractivity contribution in [2.45, 2.75) is 44.4 Å². The highest BCUT2D eigenvalue weighted by Gasteiger charge is 2.35. The summed E-state index contributed by atoms with van der Waals surface area (Å²) in [6.07, 6.45) is 3.39. The van der Waals surface area contributed by atoms with Crippen LogP contribution in [0, 0.1) is 0 Å². The van der Waals surface area contributed by atoms with Crippen LogP contribution in [-0.2, 0) is 13.0 Å². The quantitative estimate of drug-likeness (QED) is 0.492. The molecule has 0 radical (unpaired) electrons. The van der Waals surface area contributed by atoms with E-state index in [1.807, 2.05) is 25.1 Å². The molecule has 2 aromatic heterocycles. The molecule has 0 aliphatic carbocycles. The zero-order valence-corrected chi connectivity index (χ0v) is 20.0. The third kappa shape index (κ3) is 6.10. The lowest BCUT2D eigenvalue weighted by Gasteiger charge is -2.38. The number of likely N-dealkylation sites (tertiary alicyclic amines) is 1. The molecular weight excluding hydrogens is 465 g/mol. The van der Waals surface area contributed by atoms with Crippen LogP contribution in [0.5, 0.6) is 5.06 Å². The number of benzene rings is 1. The molecule has 0 spiro atoms. The molecule has 1 saturated heterocycles. The minimum Gasteiger partial charge on any atom is -0.477 e. The second-order valence-electron chi connectivity index (χ2n) is 8.96. The van der Waals surface area contributed by atoms with E-state index in [9.17, 15) is 13.2 Å². The fraction of sp³-hybridized carbons (Fsp3) is 0.542. The molecule has 0 saturated carbocycles. The molecular formula is C24H31F3N4O2S. The number of ether oxygens (including phenoxy) is 1. The zero-order chi connectivity index (χ0) is 24.1. The summed E-state index contributed by atoms with van der Waals surface area (Å²) in [5, 5.41) is 10.8. The maximum Gasteiger partial charge on any atom is 0.283 e. The molecule has 3 aromatic rings. The third-order valence-corrected chi connectivity index (χ3v) is 6.94. The van der Waals surface area contributed by atoms with Gasteiger partial charge in [0, 0.05) is 48.8 Å². The van der Waals surface area contributed by atoms with E-state index in [-0.39, 0.29) is 18.8 Å².